The Hall–Kier alpha value is -0.170. The van der Waals surface area contributed by atoms with E-state index in [9.17, 15) is 8.42 Å². The molecule has 5 nitrogen and oxygen atoms in total. The van der Waals surface area contributed by atoms with Crippen molar-refractivity contribution in [2.75, 3.05) is 26.1 Å². The summed E-state index contributed by atoms with van der Waals surface area (Å²) in [5, 5.41) is 0. The maximum atomic E-state index is 10.9. The first-order valence-corrected chi connectivity index (χ1v) is 8.68. The molecule has 114 valence electrons. The van der Waals surface area contributed by atoms with E-state index < -0.39 is 10.1 Å². The largest absolute Gasteiger partial charge is 0.353 e. The van der Waals surface area contributed by atoms with Crippen LogP contribution in [-0.2, 0) is 23.8 Å². The van der Waals surface area contributed by atoms with Crippen molar-refractivity contribution in [3.8, 4) is 0 Å². The van der Waals surface area contributed by atoms with Crippen LogP contribution < -0.4 is 0 Å². The van der Waals surface area contributed by atoms with Crippen LogP contribution in [0.1, 0.15) is 46.0 Å². The first kappa shape index (κ1) is 16.9. The molecule has 0 unspecified atom stereocenters. The van der Waals surface area contributed by atoms with Crippen LogP contribution in [0.2, 0.25) is 0 Å². The predicted molar refractivity (Wildman–Crippen MR) is 73.4 cm³/mol. The molecule has 0 aromatic heterocycles. The predicted octanol–water partition coefficient (Wildman–Crippen LogP) is 2.31. The summed E-state index contributed by atoms with van der Waals surface area (Å²) in [6, 6.07) is 0. The van der Waals surface area contributed by atoms with E-state index in [1.807, 2.05) is 0 Å². The lowest BCUT2D eigenvalue weighted by molar-refractivity contribution is -0.165. The van der Waals surface area contributed by atoms with Gasteiger partial charge < -0.3 is 9.47 Å². The van der Waals surface area contributed by atoms with Crippen LogP contribution >= 0.6 is 0 Å². The summed E-state index contributed by atoms with van der Waals surface area (Å²) in [6.07, 6.45) is 5.82. The zero-order valence-corrected chi connectivity index (χ0v) is 13.0. The standard InChI is InChI=1S/C13H26O5S/c1-13(2,8-11-18-19(3,14)15)7-10-17-12-6-4-5-9-16-12/h12H,4-11H2,1-3H3/t12-/m0/s1. The van der Waals surface area contributed by atoms with Gasteiger partial charge in [-0.3, -0.25) is 4.18 Å². The van der Waals surface area contributed by atoms with Gasteiger partial charge in [0.2, 0.25) is 0 Å². The third kappa shape index (κ3) is 8.57. The second-order valence-corrected chi connectivity index (χ2v) is 7.50. The summed E-state index contributed by atoms with van der Waals surface area (Å²) >= 11 is 0. The van der Waals surface area contributed by atoms with E-state index in [1.165, 1.54) is 0 Å². The highest BCUT2D eigenvalue weighted by atomic mass is 32.2. The molecule has 1 heterocycles. The monoisotopic (exact) mass is 294 g/mol. The van der Waals surface area contributed by atoms with Crippen molar-refractivity contribution in [3.63, 3.8) is 0 Å². The van der Waals surface area contributed by atoms with Crippen LogP contribution in [0.15, 0.2) is 0 Å². The molecule has 0 spiro atoms. The molecule has 0 aromatic carbocycles. The number of ether oxygens (including phenoxy) is 2. The smallest absolute Gasteiger partial charge is 0.264 e. The minimum atomic E-state index is -3.34. The second kappa shape index (κ2) is 7.57. The van der Waals surface area contributed by atoms with Gasteiger partial charge in [-0.1, -0.05) is 13.8 Å². The Morgan fingerprint density at radius 2 is 1.89 bits per heavy atom. The lowest BCUT2D eigenvalue weighted by Gasteiger charge is -2.27. The van der Waals surface area contributed by atoms with Crippen molar-refractivity contribution in [3.05, 3.63) is 0 Å². The first-order chi connectivity index (χ1) is 8.79. The van der Waals surface area contributed by atoms with Gasteiger partial charge in [-0.15, -0.1) is 0 Å². The van der Waals surface area contributed by atoms with Crippen molar-refractivity contribution in [1.29, 1.82) is 0 Å². The van der Waals surface area contributed by atoms with E-state index in [4.69, 9.17) is 13.7 Å². The molecule has 0 saturated carbocycles. The molecule has 1 aliphatic heterocycles. The average molecular weight is 294 g/mol. The Kier molecular flexibility index (Phi) is 6.73. The van der Waals surface area contributed by atoms with Gasteiger partial charge >= 0.3 is 0 Å². The molecule has 1 fully saturated rings. The summed E-state index contributed by atoms with van der Waals surface area (Å²) in [5.41, 5.74) is -0.000638. The van der Waals surface area contributed by atoms with Crippen LogP contribution in [0.4, 0.5) is 0 Å². The Morgan fingerprint density at radius 1 is 1.21 bits per heavy atom. The second-order valence-electron chi connectivity index (χ2n) is 5.86. The van der Waals surface area contributed by atoms with Crippen molar-refractivity contribution < 1.29 is 22.1 Å². The molecule has 0 N–H and O–H groups in total. The van der Waals surface area contributed by atoms with Crippen molar-refractivity contribution in [1.82, 2.24) is 0 Å². The highest BCUT2D eigenvalue weighted by Crippen LogP contribution is 2.26. The van der Waals surface area contributed by atoms with Crippen LogP contribution in [0.3, 0.4) is 0 Å². The first-order valence-electron chi connectivity index (χ1n) is 6.86. The van der Waals surface area contributed by atoms with E-state index in [0.717, 1.165) is 38.5 Å². The molecule has 0 aromatic rings. The van der Waals surface area contributed by atoms with Crippen LogP contribution in [-0.4, -0.2) is 40.8 Å². The lowest BCUT2D eigenvalue weighted by atomic mass is 9.86. The van der Waals surface area contributed by atoms with Crippen LogP contribution in [0.5, 0.6) is 0 Å². The fraction of sp³-hybridized carbons (Fsp3) is 1.00. The molecule has 0 bridgehead atoms. The molecule has 0 aliphatic carbocycles. The molecule has 1 saturated heterocycles. The molecular formula is C13H26O5S. The number of rotatable bonds is 8. The Labute approximate surface area is 116 Å². The topological polar surface area (TPSA) is 61.8 Å². The Morgan fingerprint density at radius 3 is 2.47 bits per heavy atom. The van der Waals surface area contributed by atoms with Crippen molar-refractivity contribution in [2.24, 2.45) is 5.41 Å². The van der Waals surface area contributed by atoms with E-state index in [2.05, 4.69) is 13.8 Å². The SMILES string of the molecule is CC(C)(CCO[C@H]1CCCCO1)CCOS(C)(=O)=O. The van der Waals surface area contributed by atoms with Gasteiger partial charge in [0.1, 0.15) is 0 Å². The third-order valence-corrected chi connectivity index (χ3v) is 3.89. The normalized spacial score (nSPS) is 21.5. The maximum absolute atomic E-state index is 10.9. The zero-order valence-electron chi connectivity index (χ0n) is 12.2. The Bertz CT molecular complexity index is 344. The summed E-state index contributed by atoms with van der Waals surface area (Å²) < 4.78 is 37.7. The van der Waals surface area contributed by atoms with Gasteiger partial charge in [-0.2, -0.15) is 8.42 Å². The van der Waals surface area contributed by atoms with Crippen molar-refractivity contribution >= 4 is 10.1 Å². The summed E-state index contributed by atoms with van der Waals surface area (Å²) in [4.78, 5) is 0. The molecule has 6 heteroatoms. The van der Waals surface area contributed by atoms with Gasteiger partial charge in [0.25, 0.3) is 10.1 Å². The summed E-state index contributed by atoms with van der Waals surface area (Å²) in [7, 11) is -3.34. The molecular weight excluding hydrogens is 268 g/mol. The van der Waals surface area contributed by atoms with Gasteiger partial charge in [-0.25, -0.2) is 0 Å². The zero-order chi connectivity index (χ0) is 14.4. The summed E-state index contributed by atoms with van der Waals surface area (Å²) in [5.74, 6) is 0. The lowest BCUT2D eigenvalue weighted by Crippen LogP contribution is -2.25. The van der Waals surface area contributed by atoms with Crippen molar-refractivity contribution in [2.45, 2.75) is 52.2 Å². The minimum Gasteiger partial charge on any atom is -0.353 e. The van der Waals surface area contributed by atoms with Crippen LogP contribution in [0, 0.1) is 5.41 Å². The fourth-order valence-corrected chi connectivity index (χ4v) is 2.29. The summed E-state index contributed by atoms with van der Waals surface area (Å²) in [6.45, 7) is 5.83. The molecule has 1 aliphatic rings. The van der Waals surface area contributed by atoms with Gasteiger partial charge in [0.15, 0.2) is 6.29 Å². The number of hydrogen-bond donors (Lipinski definition) is 0. The third-order valence-electron chi connectivity index (χ3n) is 3.30. The van der Waals surface area contributed by atoms with E-state index >= 15 is 0 Å². The minimum absolute atomic E-state index is 0.000638. The molecule has 1 rings (SSSR count). The van der Waals surface area contributed by atoms with E-state index in [0.29, 0.717) is 13.0 Å². The highest BCUT2D eigenvalue weighted by Gasteiger charge is 2.20. The van der Waals surface area contributed by atoms with Crippen LogP contribution in [0.25, 0.3) is 0 Å². The molecule has 0 amide bonds. The molecule has 19 heavy (non-hydrogen) atoms. The fourth-order valence-electron chi connectivity index (χ4n) is 1.90. The van der Waals surface area contributed by atoms with Gasteiger partial charge in [0, 0.05) is 6.61 Å². The van der Waals surface area contributed by atoms with Gasteiger partial charge in [-0.05, 0) is 37.5 Å². The molecule has 0 radical (unpaired) electrons. The quantitative estimate of drug-likeness (QED) is 0.643. The number of hydrogen-bond acceptors (Lipinski definition) is 5. The maximum Gasteiger partial charge on any atom is 0.264 e. The van der Waals surface area contributed by atoms with E-state index in [1.54, 1.807) is 0 Å². The molecule has 1 atom stereocenters. The van der Waals surface area contributed by atoms with E-state index in [-0.39, 0.29) is 18.3 Å². The van der Waals surface area contributed by atoms with Gasteiger partial charge in [0.05, 0.1) is 19.5 Å². The Balaban J connectivity index is 2.15. The highest BCUT2D eigenvalue weighted by molar-refractivity contribution is 7.85. The average Bonchev–Trinajstić information content (AvgIpc) is 2.28.